The molecule has 2 aliphatic rings. The molecule has 2 aliphatic heterocycles. The third-order valence-corrected chi connectivity index (χ3v) is 6.59. The highest BCUT2D eigenvalue weighted by atomic mass is 32.2. The highest BCUT2D eigenvalue weighted by molar-refractivity contribution is 7.99. The maximum Gasteiger partial charge on any atom is 0.256 e. The molecule has 0 aliphatic carbocycles. The molecule has 3 amide bonds. The van der Waals surface area contributed by atoms with Crippen molar-refractivity contribution in [1.82, 2.24) is 29.8 Å². The van der Waals surface area contributed by atoms with Gasteiger partial charge in [-0.3, -0.25) is 18.8 Å². The van der Waals surface area contributed by atoms with Gasteiger partial charge in [0.2, 0.25) is 24.5 Å². The molecule has 0 radical (unpaired) electrons. The smallest absolute Gasteiger partial charge is 0.256 e. The van der Waals surface area contributed by atoms with Gasteiger partial charge in [0.05, 0.1) is 12.2 Å². The van der Waals surface area contributed by atoms with Crippen molar-refractivity contribution in [3.8, 4) is 11.5 Å². The Morgan fingerprint density at radius 2 is 2.03 bits per heavy atom. The zero-order valence-corrected chi connectivity index (χ0v) is 19.9. The molecule has 4 heterocycles. The number of nitrogens with zero attached hydrogens (tertiary/aromatic N) is 5. The topological polar surface area (TPSA) is 140 Å². The van der Waals surface area contributed by atoms with E-state index in [0.717, 1.165) is 11.4 Å². The summed E-state index contributed by atoms with van der Waals surface area (Å²) in [7, 11) is 0. The first kappa shape index (κ1) is 22.9. The standard InChI is InChI=1S/C22H23N7O5S/c1-12-7-13(2)29-21(24-12)26-27-22(29)35-10-19(31)28-6-5-23-20(32)15(28)9-18(30)25-14-3-4-16-17(8-14)34-11-33-16/h3-4,7-8,15H,5-6,9-11H2,1-2H3,(H,23,32)(H,25,30)/t15-/m1/s1. The number of nitrogens with one attached hydrogen (secondary N) is 2. The molecule has 12 nitrogen and oxygen atoms in total. The minimum absolute atomic E-state index is 0.0433. The Morgan fingerprint density at radius 1 is 1.20 bits per heavy atom. The molecule has 35 heavy (non-hydrogen) atoms. The van der Waals surface area contributed by atoms with Crippen molar-refractivity contribution in [3.63, 3.8) is 0 Å². The quantitative estimate of drug-likeness (QED) is 0.476. The van der Waals surface area contributed by atoms with Gasteiger partial charge in [0, 0.05) is 36.2 Å². The highest BCUT2D eigenvalue weighted by Crippen LogP contribution is 2.34. The van der Waals surface area contributed by atoms with E-state index in [1.54, 1.807) is 22.6 Å². The van der Waals surface area contributed by atoms with Crippen LogP contribution in [-0.4, -0.2) is 73.9 Å². The van der Waals surface area contributed by atoms with E-state index in [1.165, 1.54) is 16.7 Å². The lowest BCUT2D eigenvalue weighted by molar-refractivity contribution is -0.142. The van der Waals surface area contributed by atoms with Crippen molar-refractivity contribution in [2.24, 2.45) is 0 Å². The van der Waals surface area contributed by atoms with Crippen LogP contribution in [0.3, 0.4) is 0 Å². The average Bonchev–Trinajstić information content (AvgIpc) is 3.45. The van der Waals surface area contributed by atoms with E-state index in [1.807, 2.05) is 19.9 Å². The molecule has 0 spiro atoms. The summed E-state index contributed by atoms with van der Waals surface area (Å²) in [6, 6.07) is 6.04. The largest absolute Gasteiger partial charge is 0.454 e. The van der Waals surface area contributed by atoms with E-state index in [-0.39, 0.29) is 30.8 Å². The summed E-state index contributed by atoms with van der Waals surface area (Å²) in [6.07, 6.45) is -0.174. The number of ether oxygens (including phenoxy) is 2. The van der Waals surface area contributed by atoms with Crippen LogP contribution in [0.25, 0.3) is 5.78 Å². The number of anilines is 1. The van der Waals surface area contributed by atoms with Crippen LogP contribution in [0, 0.1) is 13.8 Å². The monoisotopic (exact) mass is 497 g/mol. The van der Waals surface area contributed by atoms with Gasteiger partial charge in [0.25, 0.3) is 5.78 Å². The molecule has 182 valence electrons. The van der Waals surface area contributed by atoms with Crippen LogP contribution in [0.4, 0.5) is 5.69 Å². The maximum atomic E-state index is 13.1. The number of aryl methyl sites for hydroxylation is 2. The lowest BCUT2D eigenvalue weighted by Gasteiger charge is -2.34. The van der Waals surface area contributed by atoms with Gasteiger partial charge >= 0.3 is 0 Å². The Labute approximate surface area is 204 Å². The molecule has 0 unspecified atom stereocenters. The number of thioether (sulfide) groups is 1. The zero-order valence-electron chi connectivity index (χ0n) is 19.1. The van der Waals surface area contributed by atoms with Gasteiger partial charge in [-0.05, 0) is 32.0 Å². The Morgan fingerprint density at radius 3 is 2.89 bits per heavy atom. The van der Waals surface area contributed by atoms with Gasteiger partial charge in [-0.1, -0.05) is 11.8 Å². The first-order valence-electron chi connectivity index (χ1n) is 11.0. The van der Waals surface area contributed by atoms with E-state index in [4.69, 9.17) is 9.47 Å². The van der Waals surface area contributed by atoms with Gasteiger partial charge in [-0.2, -0.15) is 0 Å². The number of benzene rings is 1. The van der Waals surface area contributed by atoms with Crippen LogP contribution in [0.2, 0.25) is 0 Å². The second-order valence-corrected chi connectivity index (χ2v) is 9.10. The van der Waals surface area contributed by atoms with E-state index in [0.29, 0.717) is 41.2 Å². The number of amides is 3. The zero-order chi connectivity index (χ0) is 24.5. The molecule has 2 aromatic heterocycles. The lowest BCUT2D eigenvalue weighted by Crippen LogP contribution is -2.58. The van der Waals surface area contributed by atoms with Crippen molar-refractivity contribution in [1.29, 1.82) is 0 Å². The normalized spacial score (nSPS) is 16.9. The molecule has 1 fully saturated rings. The molecule has 1 saturated heterocycles. The van der Waals surface area contributed by atoms with E-state index < -0.39 is 11.9 Å². The minimum atomic E-state index is -0.910. The van der Waals surface area contributed by atoms with Crippen LogP contribution >= 0.6 is 11.8 Å². The number of fused-ring (bicyclic) bond motifs is 2. The van der Waals surface area contributed by atoms with E-state index >= 15 is 0 Å². The van der Waals surface area contributed by atoms with E-state index in [9.17, 15) is 14.4 Å². The van der Waals surface area contributed by atoms with Gasteiger partial charge in [-0.15, -0.1) is 10.2 Å². The summed E-state index contributed by atoms with van der Waals surface area (Å²) in [4.78, 5) is 44.2. The summed E-state index contributed by atoms with van der Waals surface area (Å²) >= 11 is 1.21. The van der Waals surface area contributed by atoms with Gasteiger partial charge < -0.3 is 25.0 Å². The summed E-state index contributed by atoms with van der Waals surface area (Å²) in [5, 5.41) is 14.3. The van der Waals surface area contributed by atoms with Crippen LogP contribution < -0.4 is 20.1 Å². The summed E-state index contributed by atoms with van der Waals surface area (Å²) in [6.45, 7) is 4.56. The molecule has 0 bridgehead atoms. The number of carbonyl (C=O) groups is 3. The first-order valence-corrected chi connectivity index (χ1v) is 12.0. The summed E-state index contributed by atoms with van der Waals surface area (Å²) in [5.41, 5.74) is 2.25. The van der Waals surface area contributed by atoms with Gasteiger partial charge in [0.15, 0.2) is 16.7 Å². The van der Waals surface area contributed by atoms with Gasteiger partial charge in [-0.25, -0.2) is 4.98 Å². The Kier molecular flexibility index (Phi) is 6.16. The van der Waals surface area contributed by atoms with Crippen molar-refractivity contribution in [3.05, 3.63) is 35.7 Å². The summed E-state index contributed by atoms with van der Waals surface area (Å²) < 4.78 is 12.4. The van der Waals surface area contributed by atoms with Gasteiger partial charge in [0.1, 0.15) is 6.04 Å². The number of aromatic nitrogens is 4. The third kappa shape index (κ3) is 4.71. The van der Waals surface area contributed by atoms with Crippen LogP contribution in [0.15, 0.2) is 29.4 Å². The maximum absolute atomic E-state index is 13.1. The van der Waals surface area contributed by atoms with E-state index in [2.05, 4.69) is 25.8 Å². The Bertz CT molecular complexity index is 1330. The molecule has 5 rings (SSSR count). The lowest BCUT2D eigenvalue weighted by atomic mass is 10.1. The molecule has 3 aromatic rings. The second-order valence-electron chi connectivity index (χ2n) is 8.16. The first-order chi connectivity index (χ1) is 16.9. The van der Waals surface area contributed by atoms with Crippen LogP contribution in [-0.2, 0) is 14.4 Å². The van der Waals surface area contributed by atoms with Crippen LogP contribution in [0.1, 0.15) is 17.8 Å². The Balaban J connectivity index is 1.24. The fourth-order valence-corrected chi connectivity index (χ4v) is 4.95. The molecule has 1 aromatic carbocycles. The SMILES string of the molecule is Cc1cc(C)n2c(SCC(=O)N3CCNC(=O)[C@H]3CC(=O)Nc3ccc4c(c3)OCO4)nnc2n1. The number of rotatable bonds is 6. The molecular weight excluding hydrogens is 474 g/mol. The molecular formula is C22H23N7O5S. The fraction of sp³-hybridized carbons (Fsp3) is 0.364. The minimum Gasteiger partial charge on any atom is -0.454 e. The number of piperazine rings is 1. The van der Waals surface area contributed by atoms with Crippen molar-refractivity contribution in [2.75, 3.05) is 31.0 Å². The second kappa shape index (κ2) is 9.41. The predicted octanol–water partition coefficient (Wildman–Crippen LogP) is 0.918. The molecule has 2 N–H and O–H groups in total. The summed E-state index contributed by atoms with van der Waals surface area (Å²) in [5.74, 6) is 0.629. The highest BCUT2D eigenvalue weighted by Gasteiger charge is 2.35. The molecule has 0 saturated carbocycles. The van der Waals surface area contributed by atoms with Crippen molar-refractivity contribution in [2.45, 2.75) is 31.5 Å². The van der Waals surface area contributed by atoms with Crippen molar-refractivity contribution >= 4 is 40.9 Å². The molecule has 1 atom stereocenters. The third-order valence-electron chi connectivity index (χ3n) is 5.67. The average molecular weight is 498 g/mol. The number of hydrogen-bond donors (Lipinski definition) is 2. The predicted molar refractivity (Wildman–Crippen MR) is 125 cm³/mol. The molecule has 13 heteroatoms. The van der Waals surface area contributed by atoms with Crippen molar-refractivity contribution < 1.29 is 23.9 Å². The Hall–Kier alpha value is -3.87. The fourth-order valence-electron chi connectivity index (χ4n) is 4.08. The van der Waals surface area contributed by atoms with Crippen LogP contribution in [0.5, 0.6) is 11.5 Å². The number of hydrogen-bond acceptors (Lipinski definition) is 9. The number of carbonyl (C=O) groups excluding carboxylic acids is 3.